The van der Waals surface area contributed by atoms with Crippen LogP contribution in [0, 0.1) is 0 Å². The molecule has 0 spiro atoms. The first-order valence-electron chi connectivity index (χ1n) is 7.44. The van der Waals surface area contributed by atoms with Crippen LogP contribution in [0.2, 0.25) is 0 Å². The Morgan fingerprint density at radius 1 is 1.23 bits per heavy atom. The van der Waals surface area contributed by atoms with Crippen LogP contribution in [0.15, 0.2) is 42.7 Å². The molecule has 0 aliphatic rings. The van der Waals surface area contributed by atoms with Crippen LogP contribution in [0.3, 0.4) is 0 Å². The molecule has 0 bridgehead atoms. The molecule has 0 radical (unpaired) electrons. The molecule has 1 aromatic heterocycles. The van der Waals surface area contributed by atoms with Gasteiger partial charge in [0.05, 0.1) is 12.7 Å². The van der Waals surface area contributed by atoms with E-state index >= 15 is 0 Å². The predicted octanol–water partition coefficient (Wildman–Crippen LogP) is 2.40. The first-order chi connectivity index (χ1) is 10.7. The maximum atomic E-state index is 10.0. The molecule has 2 aromatic rings. The van der Waals surface area contributed by atoms with Gasteiger partial charge in [0.15, 0.2) is 0 Å². The van der Waals surface area contributed by atoms with Crippen LogP contribution in [0.25, 0.3) is 0 Å². The molecule has 1 atom stereocenters. The van der Waals surface area contributed by atoms with Crippen molar-refractivity contribution in [2.24, 2.45) is 0 Å². The number of hydrogen-bond donors (Lipinski definition) is 3. The van der Waals surface area contributed by atoms with Gasteiger partial charge in [-0.15, -0.1) is 0 Å². The van der Waals surface area contributed by atoms with Crippen molar-refractivity contribution >= 4 is 0 Å². The van der Waals surface area contributed by atoms with Crippen molar-refractivity contribution in [3.05, 3.63) is 53.9 Å². The third-order valence-corrected chi connectivity index (χ3v) is 3.27. The van der Waals surface area contributed by atoms with E-state index < -0.39 is 6.10 Å². The number of ether oxygens (including phenoxy) is 1. The molecule has 1 heterocycles. The lowest BCUT2D eigenvalue weighted by Crippen LogP contribution is -2.21. The maximum absolute atomic E-state index is 10.0. The van der Waals surface area contributed by atoms with Crippen molar-refractivity contribution in [2.45, 2.75) is 26.0 Å². The zero-order valence-electron chi connectivity index (χ0n) is 12.7. The molecule has 5 nitrogen and oxygen atoms in total. The van der Waals surface area contributed by atoms with Gasteiger partial charge in [0.1, 0.15) is 11.5 Å². The summed E-state index contributed by atoms with van der Waals surface area (Å²) in [5.74, 6) is 0.861. The largest absolute Gasteiger partial charge is 0.507 e. The number of nitrogens with one attached hydrogen (secondary N) is 1. The highest BCUT2D eigenvalue weighted by Gasteiger charge is 2.08. The molecule has 5 heteroatoms. The number of benzene rings is 1. The number of hydrogen-bond acceptors (Lipinski definition) is 5. The van der Waals surface area contributed by atoms with E-state index in [1.54, 1.807) is 30.6 Å². The van der Waals surface area contributed by atoms with Crippen LogP contribution in [-0.4, -0.2) is 28.3 Å². The van der Waals surface area contributed by atoms with E-state index in [0.29, 0.717) is 25.4 Å². The maximum Gasteiger partial charge on any atom is 0.123 e. The Labute approximate surface area is 130 Å². The van der Waals surface area contributed by atoms with E-state index in [4.69, 9.17) is 4.74 Å². The number of rotatable bonds is 8. The van der Waals surface area contributed by atoms with E-state index in [2.05, 4.69) is 10.3 Å². The Morgan fingerprint density at radius 3 is 2.68 bits per heavy atom. The van der Waals surface area contributed by atoms with E-state index in [9.17, 15) is 10.2 Å². The molecule has 0 aliphatic heterocycles. The summed E-state index contributed by atoms with van der Waals surface area (Å²) in [7, 11) is 0. The molecule has 1 unspecified atom stereocenters. The van der Waals surface area contributed by atoms with Gasteiger partial charge in [-0.25, -0.2) is 0 Å². The molecule has 118 valence electrons. The third-order valence-electron chi connectivity index (χ3n) is 3.27. The predicted molar refractivity (Wildman–Crippen MR) is 84.8 cm³/mol. The van der Waals surface area contributed by atoms with E-state index in [1.807, 2.05) is 19.1 Å². The Balaban J connectivity index is 1.84. The number of aliphatic hydroxyl groups excluding tert-OH is 1. The Bertz CT molecular complexity index is 575. The molecule has 0 amide bonds. The van der Waals surface area contributed by atoms with E-state index in [1.165, 1.54) is 0 Å². The minimum atomic E-state index is -0.600. The second-order valence-electron chi connectivity index (χ2n) is 5.07. The first kappa shape index (κ1) is 16.3. The minimum absolute atomic E-state index is 0.194. The fourth-order valence-electron chi connectivity index (χ4n) is 2.05. The Hall–Kier alpha value is -2.11. The second kappa shape index (κ2) is 8.36. The summed E-state index contributed by atoms with van der Waals surface area (Å²) in [5.41, 5.74) is 1.58. The van der Waals surface area contributed by atoms with Crippen LogP contribution < -0.4 is 10.1 Å². The lowest BCUT2D eigenvalue weighted by Gasteiger charge is -2.13. The van der Waals surface area contributed by atoms with E-state index in [0.717, 1.165) is 17.5 Å². The van der Waals surface area contributed by atoms with Crippen molar-refractivity contribution < 1.29 is 14.9 Å². The lowest BCUT2D eigenvalue weighted by molar-refractivity contribution is 0.174. The molecule has 1 aromatic carbocycles. The van der Waals surface area contributed by atoms with Crippen LogP contribution >= 0.6 is 0 Å². The summed E-state index contributed by atoms with van der Waals surface area (Å²) < 4.78 is 5.47. The SMILES string of the molecule is CCCOc1ccc(CNCC(O)c2ccncc2)c(O)c1. The van der Waals surface area contributed by atoms with Gasteiger partial charge in [-0.3, -0.25) is 4.98 Å². The zero-order valence-corrected chi connectivity index (χ0v) is 12.7. The Kier molecular flexibility index (Phi) is 6.18. The van der Waals surface area contributed by atoms with Gasteiger partial charge >= 0.3 is 0 Å². The van der Waals surface area contributed by atoms with Gasteiger partial charge in [0, 0.05) is 37.1 Å². The summed E-state index contributed by atoms with van der Waals surface area (Å²) in [6.45, 7) is 3.54. The number of aliphatic hydroxyl groups is 1. The minimum Gasteiger partial charge on any atom is -0.507 e. The van der Waals surface area contributed by atoms with Crippen molar-refractivity contribution in [3.63, 3.8) is 0 Å². The summed E-state index contributed by atoms with van der Waals surface area (Å²) in [4.78, 5) is 3.92. The summed E-state index contributed by atoms with van der Waals surface area (Å²) in [5, 5.41) is 23.2. The average Bonchev–Trinajstić information content (AvgIpc) is 2.55. The monoisotopic (exact) mass is 302 g/mol. The summed E-state index contributed by atoms with van der Waals surface area (Å²) in [6, 6.07) is 8.84. The van der Waals surface area contributed by atoms with E-state index in [-0.39, 0.29) is 5.75 Å². The fraction of sp³-hybridized carbons (Fsp3) is 0.353. The number of aromatic hydroxyl groups is 1. The van der Waals surface area contributed by atoms with Gasteiger partial charge in [-0.2, -0.15) is 0 Å². The second-order valence-corrected chi connectivity index (χ2v) is 5.07. The average molecular weight is 302 g/mol. The molecule has 22 heavy (non-hydrogen) atoms. The van der Waals surface area contributed by atoms with Crippen LogP contribution in [0.1, 0.15) is 30.6 Å². The van der Waals surface area contributed by atoms with Crippen molar-refractivity contribution in [1.82, 2.24) is 10.3 Å². The van der Waals surface area contributed by atoms with Gasteiger partial charge in [0.25, 0.3) is 0 Å². The molecule has 3 N–H and O–H groups in total. The quantitative estimate of drug-likeness (QED) is 0.698. The zero-order chi connectivity index (χ0) is 15.8. The molecule has 0 saturated heterocycles. The summed E-state index contributed by atoms with van der Waals surface area (Å²) in [6.07, 6.45) is 3.63. The number of nitrogens with zero attached hydrogens (tertiary/aromatic N) is 1. The van der Waals surface area contributed by atoms with Gasteiger partial charge in [0.2, 0.25) is 0 Å². The van der Waals surface area contributed by atoms with Crippen molar-refractivity contribution in [1.29, 1.82) is 0 Å². The van der Waals surface area contributed by atoms with Gasteiger partial charge < -0.3 is 20.3 Å². The molecular weight excluding hydrogens is 280 g/mol. The smallest absolute Gasteiger partial charge is 0.123 e. The van der Waals surface area contributed by atoms with Crippen LogP contribution in [0.5, 0.6) is 11.5 Å². The van der Waals surface area contributed by atoms with Crippen LogP contribution in [-0.2, 0) is 6.54 Å². The normalized spacial score (nSPS) is 12.1. The highest BCUT2D eigenvalue weighted by atomic mass is 16.5. The molecular formula is C17H22N2O3. The fourth-order valence-corrected chi connectivity index (χ4v) is 2.05. The van der Waals surface area contributed by atoms with Crippen LogP contribution in [0.4, 0.5) is 0 Å². The highest BCUT2D eigenvalue weighted by molar-refractivity contribution is 5.39. The number of aromatic nitrogens is 1. The molecule has 0 saturated carbocycles. The standard InChI is InChI=1S/C17H22N2O3/c1-2-9-22-15-4-3-14(16(20)10-15)11-19-12-17(21)13-5-7-18-8-6-13/h3-8,10,17,19-21H,2,9,11-12H2,1H3. The Morgan fingerprint density at radius 2 is 2.00 bits per heavy atom. The van der Waals surface area contributed by atoms with Crippen molar-refractivity contribution in [2.75, 3.05) is 13.2 Å². The van der Waals surface area contributed by atoms with Gasteiger partial charge in [-0.05, 0) is 30.2 Å². The van der Waals surface area contributed by atoms with Crippen molar-refractivity contribution in [3.8, 4) is 11.5 Å². The number of phenolic OH excluding ortho intramolecular Hbond substituents is 1. The molecule has 2 rings (SSSR count). The topological polar surface area (TPSA) is 74.6 Å². The summed E-state index contributed by atoms with van der Waals surface area (Å²) >= 11 is 0. The lowest BCUT2D eigenvalue weighted by atomic mass is 10.1. The highest BCUT2D eigenvalue weighted by Crippen LogP contribution is 2.23. The molecule has 0 aliphatic carbocycles. The third kappa shape index (κ3) is 4.72. The first-order valence-corrected chi connectivity index (χ1v) is 7.44. The number of phenols is 1. The van der Waals surface area contributed by atoms with Gasteiger partial charge in [-0.1, -0.05) is 13.0 Å². The molecule has 0 fully saturated rings. The number of pyridine rings is 1.